The van der Waals surface area contributed by atoms with Crippen LogP contribution < -0.4 is 5.32 Å². The Bertz CT molecular complexity index is 1270. The van der Waals surface area contributed by atoms with Gasteiger partial charge in [0.2, 0.25) is 0 Å². The Morgan fingerprint density at radius 1 is 0.897 bits per heavy atom. The van der Waals surface area contributed by atoms with Crippen molar-refractivity contribution in [3.63, 3.8) is 0 Å². The van der Waals surface area contributed by atoms with E-state index >= 15 is 0 Å². The monoisotopic (exact) mass is 404 g/mol. The van der Waals surface area contributed by atoms with E-state index in [1.165, 1.54) is 3.97 Å². The van der Waals surface area contributed by atoms with E-state index in [1.54, 1.807) is 66.9 Å². The molecule has 3 aromatic carbocycles. The van der Waals surface area contributed by atoms with Crippen LogP contribution in [0.1, 0.15) is 21.5 Å². The number of hydrogen-bond acceptors (Lipinski definition) is 3. The van der Waals surface area contributed by atoms with Crippen molar-refractivity contribution in [2.24, 2.45) is 0 Å². The van der Waals surface area contributed by atoms with Crippen LogP contribution in [0, 0.1) is 6.92 Å². The quantitative estimate of drug-likeness (QED) is 0.544. The van der Waals surface area contributed by atoms with Crippen LogP contribution in [0.3, 0.4) is 0 Å². The van der Waals surface area contributed by atoms with Gasteiger partial charge in [0.05, 0.1) is 10.4 Å². The van der Waals surface area contributed by atoms with Crippen molar-refractivity contribution in [2.45, 2.75) is 18.4 Å². The molecule has 0 aliphatic carbocycles. The summed E-state index contributed by atoms with van der Waals surface area (Å²) in [5, 5.41) is 3.66. The number of fused-ring (bicyclic) bond motifs is 1. The first-order chi connectivity index (χ1) is 14.0. The number of para-hydroxylation sites is 1. The Morgan fingerprint density at radius 2 is 1.55 bits per heavy atom. The van der Waals surface area contributed by atoms with E-state index in [0.29, 0.717) is 11.1 Å². The van der Waals surface area contributed by atoms with Crippen molar-refractivity contribution in [3.05, 3.63) is 102 Å². The van der Waals surface area contributed by atoms with Crippen molar-refractivity contribution < 1.29 is 13.2 Å². The zero-order chi connectivity index (χ0) is 20.4. The summed E-state index contributed by atoms with van der Waals surface area (Å²) in [6.45, 7) is 2.14. The molecule has 0 atom stereocenters. The fraction of sp³-hybridized carbons (Fsp3) is 0.0870. The van der Waals surface area contributed by atoms with E-state index in [-0.39, 0.29) is 17.3 Å². The maximum Gasteiger partial charge on any atom is 0.268 e. The molecular weight excluding hydrogens is 384 g/mol. The van der Waals surface area contributed by atoms with Gasteiger partial charge < -0.3 is 5.32 Å². The predicted molar refractivity (Wildman–Crippen MR) is 113 cm³/mol. The highest BCUT2D eigenvalue weighted by atomic mass is 32.2. The number of amides is 1. The molecule has 29 heavy (non-hydrogen) atoms. The van der Waals surface area contributed by atoms with Crippen molar-refractivity contribution in [1.29, 1.82) is 0 Å². The minimum Gasteiger partial charge on any atom is -0.348 e. The lowest BCUT2D eigenvalue weighted by molar-refractivity contribution is 0.0951. The molecule has 0 radical (unpaired) electrons. The Morgan fingerprint density at radius 3 is 2.28 bits per heavy atom. The van der Waals surface area contributed by atoms with E-state index < -0.39 is 10.0 Å². The van der Waals surface area contributed by atoms with Gasteiger partial charge in [-0.1, -0.05) is 54.1 Å². The summed E-state index contributed by atoms with van der Waals surface area (Å²) in [5.74, 6) is -0.205. The number of nitrogens with zero attached hydrogens (tertiary/aromatic N) is 1. The summed E-state index contributed by atoms with van der Waals surface area (Å²) < 4.78 is 27.7. The summed E-state index contributed by atoms with van der Waals surface area (Å²) >= 11 is 0. The number of hydrogen-bond donors (Lipinski definition) is 1. The molecule has 146 valence electrons. The highest BCUT2D eigenvalue weighted by Gasteiger charge is 2.21. The third-order valence-corrected chi connectivity index (χ3v) is 6.50. The second-order valence-corrected chi connectivity index (χ2v) is 8.65. The minimum absolute atomic E-state index is 0.205. The van der Waals surface area contributed by atoms with Crippen LogP contribution in [0.25, 0.3) is 10.9 Å². The fourth-order valence-corrected chi connectivity index (χ4v) is 4.64. The molecule has 5 nitrogen and oxygen atoms in total. The van der Waals surface area contributed by atoms with Gasteiger partial charge in [-0.05, 0) is 42.8 Å². The molecule has 1 amide bonds. The third kappa shape index (κ3) is 3.67. The van der Waals surface area contributed by atoms with E-state index in [9.17, 15) is 13.2 Å². The summed E-state index contributed by atoms with van der Waals surface area (Å²) in [7, 11) is -3.75. The maximum absolute atomic E-state index is 13.2. The molecule has 0 spiro atoms. The third-order valence-electron chi connectivity index (χ3n) is 4.81. The zero-order valence-corrected chi connectivity index (χ0v) is 16.7. The summed E-state index contributed by atoms with van der Waals surface area (Å²) in [6.07, 6.45) is 1.59. The van der Waals surface area contributed by atoms with Crippen molar-refractivity contribution in [2.75, 3.05) is 0 Å². The second-order valence-electron chi connectivity index (χ2n) is 6.83. The predicted octanol–water partition coefficient (Wildman–Crippen LogP) is 4.12. The molecule has 1 heterocycles. The first kappa shape index (κ1) is 19.0. The van der Waals surface area contributed by atoms with Gasteiger partial charge in [-0.15, -0.1) is 0 Å². The largest absolute Gasteiger partial charge is 0.348 e. The van der Waals surface area contributed by atoms with Gasteiger partial charge >= 0.3 is 0 Å². The molecule has 0 fully saturated rings. The standard InChI is InChI=1S/C23H20N2O3S/c1-17-11-13-20(14-12-17)29(27,28)25-16-19(21-9-5-6-10-22(21)25)15-24-23(26)18-7-3-2-4-8-18/h2-14,16H,15H2,1H3,(H,24,26). The van der Waals surface area contributed by atoms with Crippen LogP contribution in [0.2, 0.25) is 0 Å². The van der Waals surface area contributed by atoms with Gasteiger partial charge in [-0.25, -0.2) is 12.4 Å². The van der Waals surface area contributed by atoms with E-state index in [1.807, 2.05) is 25.1 Å². The lowest BCUT2D eigenvalue weighted by Gasteiger charge is -2.07. The van der Waals surface area contributed by atoms with Crippen LogP contribution in [-0.4, -0.2) is 18.3 Å². The highest BCUT2D eigenvalue weighted by molar-refractivity contribution is 7.90. The highest BCUT2D eigenvalue weighted by Crippen LogP contribution is 2.26. The van der Waals surface area contributed by atoms with E-state index in [2.05, 4.69) is 5.32 Å². The molecule has 0 bridgehead atoms. The van der Waals surface area contributed by atoms with Crippen LogP contribution >= 0.6 is 0 Å². The molecule has 1 N–H and O–H groups in total. The summed E-state index contributed by atoms with van der Waals surface area (Å²) in [6, 6.07) is 23.0. The maximum atomic E-state index is 13.2. The van der Waals surface area contributed by atoms with Crippen LogP contribution in [0.4, 0.5) is 0 Å². The van der Waals surface area contributed by atoms with E-state index in [4.69, 9.17) is 0 Å². The smallest absolute Gasteiger partial charge is 0.268 e. The van der Waals surface area contributed by atoms with Crippen molar-refractivity contribution in [3.8, 4) is 0 Å². The average molecular weight is 404 g/mol. The van der Waals surface area contributed by atoms with Crippen molar-refractivity contribution >= 4 is 26.8 Å². The lowest BCUT2D eigenvalue weighted by Crippen LogP contribution is -2.22. The molecule has 4 aromatic rings. The van der Waals surface area contributed by atoms with Gasteiger partial charge in [-0.3, -0.25) is 4.79 Å². The Labute approximate surface area is 169 Å². The normalized spacial score (nSPS) is 11.5. The first-order valence-electron chi connectivity index (χ1n) is 9.21. The van der Waals surface area contributed by atoms with E-state index in [0.717, 1.165) is 16.5 Å². The number of rotatable bonds is 5. The Kier molecular flexibility index (Phi) is 4.94. The van der Waals surface area contributed by atoms with Crippen LogP contribution in [0.15, 0.2) is 90.0 Å². The molecule has 0 saturated heterocycles. The minimum atomic E-state index is -3.75. The molecule has 4 rings (SSSR count). The lowest BCUT2D eigenvalue weighted by atomic mass is 10.1. The fourth-order valence-electron chi connectivity index (χ4n) is 3.25. The van der Waals surface area contributed by atoms with Gasteiger partial charge in [0.1, 0.15) is 0 Å². The number of benzene rings is 3. The average Bonchev–Trinajstić information content (AvgIpc) is 3.12. The number of carbonyl (C=O) groups is 1. The Balaban J connectivity index is 1.70. The van der Waals surface area contributed by atoms with Gasteiger partial charge in [0.25, 0.3) is 15.9 Å². The topological polar surface area (TPSA) is 68.2 Å². The number of aromatic nitrogens is 1. The molecule has 0 saturated carbocycles. The summed E-state index contributed by atoms with van der Waals surface area (Å²) in [4.78, 5) is 12.6. The molecule has 1 aromatic heterocycles. The molecule has 6 heteroatoms. The number of nitrogens with one attached hydrogen (secondary N) is 1. The Hall–Kier alpha value is -3.38. The van der Waals surface area contributed by atoms with Crippen molar-refractivity contribution in [1.82, 2.24) is 9.29 Å². The molecule has 0 aliphatic heterocycles. The first-order valence-corrected chi connectivity index (χ1v) is 10.7. The number of aryl methyl sites for hydroxylation is 1. The van der Waals surface area contributed by atoms with Gasteiger partial charge in [-0.2, -0.15) is 0 Å². The van der Waals surface area contributed by atoms with Gasteiger partial charge in [0, 0.05) is 23.7 Å². The zero-order valence-electron chi connectivity index (χ0n) is 15.9. The summed E-state index contributed by atoms with van der Waals surface area (Å²) in [5.41, 5.74) is 2.87. The molecule has 0 aliphatic rings. The molecular formula is C23H20N2O3S. The van der Waals surface area contributed by atoms with Crippen LogP contribution in [-0.2, 0) is 16.6 Å². The number of carbonyl (C=O) groups excluding carboxylic acids is 1. The second kappa shape index (κ2) is 7.56. The SMILES string of the molecule is Cc1ccc(S(=O)(=O)n2cc(CNC(=O)c3ccccc3)c3ccccc32)cc1. The molecule has 0 unspecified atom stereocenters. The van der Waals surface area contributed by atoms with Crippen LogP contribution in [0.5, 0.6) is 0 Å². The van der Waals surface area contributed by atoms with Gasteiger partial charge in [0.15, 0.2) is 0 Å².